The van der Waals surface area contributed by atoms with Gasteiger partial charge in [0.2, 0.25) is 0 Å². The lowest BCUT2D eigenvalue weighted by molar-refractivity contribution is -0.145. The highest BCUT2D eigenvalue weighted by Gasteiger charge is 2.18. The Morgan fingerprint density at radius 3 is 2.76 bits per heavy atom. The molecule has 21 heavy (non-hydrogen) atoms. The maximum atomic E-state index is 11.8. The van der Waals surface area contributed by atoms with Crippen LogP contribution in [0.3, 0.4) is 0 Å². The highest BCUT2D eigenvalue weighted by Crippen LogP contribution is 2.35. The van der Waals surface area contributed by atoms with Gasteiger partial charge >= 0.3 is 5.97 Å². The van der Waals surface area contributed by atoms with Gasteiger partial charge in [-0.05, 0) is 30.9 Å². The predicted octanol–water partition coefficient (Wildman–Crippen LogP) is 3.62. The van der Waals surface area contributed by atoms with Gasteiger partial charge in [0.15, 0.2) is 11.5 Å². The van der Waals surface area contributed by atoms with Crippen molar-refractivity contribution in [2.24, 2.45) is 5.92 Å². The van der Waals surface area contributed by atoms with Crippen LogP contribution in [0.4, 0.5) is 0 Å². The summed E-state index contributed by atoms with van der Waals surface area (Å²) < 4.78 is 17.3. The molecule has 1 aromatic rings. The van der Waals surface area contributed by atoms with Crippen LogP contribution in [0, 0.1) is 5.92 Å². The quantitative estimate of drug-likeness (QED) is 0.613. The summed E-state index contributed by atoms with van der Waals surface area (Å²) in [5.41, 5.74) is 0.884. The number of rotatable bonds is 4. The Hall–Kier alpha value is -1.49. The molecule has 1 aliphatic heterocycles. The molecule has 0 amide bonds. The van der Waals surface area contributed by atoms with Crippen LogP contribution in [0.25, 0.3) is 0 Å². The molecule has 0 radical (unpaired) electrons. The largest absolute Gasteiger partial charge is 0.486 e. The third-order valence-electron chi connectivity index (χ3n) is 3.64. The molecule has 0 N–H and O–H groups in total. The van der Waals surface area contributed by atoms with E-state index in [4.69, 9.17) is 14.2 Å². The monoisotopic (exact) mass is 352 g/mol. The van der Waals surface area contributed by atoms with Crippen LogP contribution in [-0.4, -0.2) is 19.2 Å². The SMILES string of the molecule is O=C(CC1C=CCC1)OCc1cc2c(cc1Br)OCCO2. The summed E-state index contributed by atoms with van der Waals surface area (Å²) in [6.07, 6.45) is 6.78. The highest BCUT2D eigenvalue weighted by molar-refractivity contribution is 9.10. The van der Waals surface area contributed by atoms with Crippen LogP contribution in [-0.2, 0) is 16.1 Å². The Balaban J connectivity index is 1.59. The van der Waals surface area contributed by atoms with E-state index in [2.05, 4.69) is 28.1 Å². The van der Waals surface area contributed by atoms with E-state index in [1.807, 2.05) is 12.1 Å². The first-order valence-corrected chi connectivity index (χ1v) is 7.92. The summed E-state index contributed by atoms with van der Waals surface area (Å²) in [5.74, 6) is 1.60. The fourth-order valence-corrected chi connectivity index (χ4v) is 2.95. The van der Waals surface area contributed by atoms with E-state index < -0.39 is 0 Å². The number of ether oxygens (including phenoxy) is 3. The molecule has 1 unspecified atom stereocenters. The van der Waals surface area contributed by atoms with Gasteiger partial charge in [-0.15, -0.1) is 0 Å². The van der Waals surface area contributed by atoms with Crippen LogP contribution in [0.1, 0.15) is 24.8 Å². The second-order valence-electron chi connectivity index (χ2n) is 5.22. The number of halogens is 1. The first-order valence-electron chi connectivity index (χ1n) is 7.12. The zero-order chi connectivity index (χ0) is 14.7. The lowest BCUT2D eigenvalue weighted by Crippen LogP contribution is -2.16. The van der Waals surface area contributed by atoms with Gasteiger partial charge in [-0.1, -0.05) is 28.1 Å². The highest BCUT2D eigenvalue weighted by atomic mass is 79.9. The molecule has 0 bridgehead atoms. The fourth-order valence-electron chi connectivity index (χ4n) is 2.51. The van der Waals surface area contributed by atoms with Crippen molar-refractivity contribution in [1.82, 2.24) is 0 Å². The van der Waals surface area contributed by atoms with Crippen LogP contribution < -0.4 is 9.47 Å². The minimum absolute atomic E-state index is 0.159. The Bertz CT molecular complexity index is 568. The Kier molecular flexibility index (Phi) is 4.48. The second kappa shape index (κ2) is 6.52. The van der Waals surface area contributed by atoms with Crippen molar-refractivity contribution in [2.45, 2.75) is 25.9 Å². The number of esters is 1. The molecule has 0 spiro atoms. The molecular weight excluding hydrogens is 336 g/mol. The topological polar surface area (TPSA) is 44.8 Å². The molecule has 1 atom stereocenters. The molecular formula is C16H17BrO4. The number of hydrogen-bond donors (Lipinski definition) is 0. The minimum atomic E-state index is -0.159. The number of allylic oxidation sites excluding steroid dienone is 2. The molecule has 0 aromatic heterocycles. The zero-order valence-electron chi connectivity index (χ0n) is 11.6. The number of carbonyl (C=O) groups is 1. The summed E-state index contributed by atoms with van der Waals surface area (Å²) in [7, 11) is 0. The van der Waals surface area contributed by atoms with E-state index >= 15 is 0 Å². The molecule has 0 fully saturated rings. The molecule has 3 rings (SSSR count). The maximum absolute atomic E-state index is 11.8. The van der Waals surface area contributed by atoms with Crippen molar-refractivity contribution >= 4 is 21.9 Å². The van der Waals surface area contributed by atoms with Gasteiger partial charge in [-0.2, -0.15) is 0 Å². The van der Waals surface area contributed by atoms with Crippen molar-refractivity contribution in [1.29, 1.82) is 0 Å². The smallest absolute Gasteiger partial charge is 0.306 e. The predicted molar refractivity (Wildman–Crippen MR) is 81.4 cm³/mol. The van der Waals surface area contributed by atoms with E-state index in [0.717, 1.165) is 28.6 Å². The van der Waals surface area contributed by atoms with Crippen molar-refractivity contribution in [3.05, 3.63) is 34.3 Å². The Morgan fingerprint density at radius 2 is 2.05 bits per heavy atom. The normalized spacial score (nSPS) is 19.6. The van der Waals surface area contributed by atoms with Crippen LogP contribution in [0.15, 0.2) is 28.8 Å². The van der Waals surface area contributed by atoms with Gasteiger partial charge < -0.3 is 14.2 Å². The van der Waals surface area contributed by atoms with Crippen LogP contribution >= 0.6 is 15.9 Å². The third kappa shape index (κ3) is 3.59. The molecule has 0 saturated heterocycles. The Morgan fingerprint density at radius 1 is 1.29 bits per heavy atom. The first-order chi connectivity index (χ1) is 10.2. The van der Waals surface area contributed by atoms with Gasteiger partial charge in [0.25, 0.3) is 0 Å². The minimum Gasteiger partial charge on any atom is -0.486 e. The molecule has 4 nitrogen and oxygen atoms in total. The van der Waals surface area contributed by atoms with Gasteiger partial charge in [0.05, 0.1) is 6.42 Å². The first kappa shape index (κ1) is 14.4. The summed E-state index contributed by atoms with van der Waals surface area (Å²) in [4.78, 5) is 11.8. The molecule has 0 saturated carbocycles. The average Bonchev–Trinajstić information content (AvgIpc) is 2.98. The average molecular weight is 353 g/mol. The van der Waals surface area contributed by atoms with Crippen LogP contribution in [0.5, 0.6) is 11.5 Å². The Labute approximate surface area is 132 Å². The van der Waals surface area contributed by atoms with E-state index in [1.165, 1.54) is 0 Å². The zero-order valence-corrected chi connectivity index (χ0v) is 13.2. The summed E-state index contributed by atoms with van der Waals surface area (Å²) in [5, 5.41) is 0. The second-order valence-corrected chi connectivity index (χ2v) is 6.07. The third-order valence-corrected chi connectivity index (χ3v) is 4.38. The number of carbonyl (C=O) groups excluding carboxylic acids is 1. The number of benzene rings is 1. The molecule has 112 valence electrons. The number of fused-ring (bicyclic) bond motifs is 1. The molecule has 2 aliphatic rings. The van der Waals surface area contributed by atoms with Crippen LogP contribution in [0.2, 0.25) is 0 Å². The van der Waals surface area contributed by atoms with Gasteiger partial charge in [-0.3, -0.25) is 4.79 Å². The standard InChI is InChI=1S/C16H17BrO4/c17-13-9-15-14(19-5-6-20-15)8-12(13)10-21-16(18)7-11-3-1-2-4-11/h1,3,8-9,11H,2,4-7,10H2. The maximum Gasteiger partial charge on any atom is 0.306 e. The van der Waals surface area contributed by atoms with Crippen molar-refractivity contribution < 1.29 is 19.0 Å². The molecule has 1 aliphatic carbocycles. The van der Waals surface area contributed by atoms with Crippen molar-refractivity contribution in [2.75, 3.05) is 13.2 Å². The van der Waals surface area contributed by atoms with Crippen molar-refractivity contribution in [3.63, 3.8) is 0 Å². The molecule has 1 heterocycles. The van der Waals surface area contributed by atoms with Crippen molar-refractivity contribution in [3.8, 4) is 11.5 Å². The van der Waals surface area contributed by atoms with Gasteiger partial charge in [0.1, 0.15) is 19.8 Å². The summed E-state index contributed by atoms with van der Waals surface area (Å²) in [6, 6.07) is 3.72. The molecule has 5 heteroatoms. The van der Waals surface area contributed by atoms with E-state index in [9.17, 15) is 4.79 Å². The summed E-state index contributed by atoms with van der Waals surface area (Å²) >= 11 is 3.48. The van der Waals surface area contributed by atoms with E-state index in [0.29, 0.717) is 31.3 Å². The van der Waals surface area contributed by atoms with E-state index in [1.54, 1.807) is 0 Å². The van der Waals surface area contributed by atoms with Gasteiger partial charge in [0, 0.05) is 10.0 Å². The number of hydrogen-bond acceptors (Lipinski definition) is 4. The van der Waals surface area contributed by atoms with E-state index in [-0.39, 0.29) is 12.6 Å². The lowest BCUT2D eigenvalue weighted by Gasteiger charge is -2.20. The lowest BCUT2D eigenvalue weighted by atomic mass is 10.1. The molecule has 1 aromatic carbocycles. The fraction of sp³-hybridized carbons (Fsp3) is 0.438. The van der Waals surface area contributed by atoms with Gasteiger partial charge in [-0.25, -0.2) is 0 Å². The summed E-state index contributed by atoms with van der Waals surface area (Å²) in [6.45, 7) is 1.34.